The van der Waals surface area contributed by atoms with E-state index in [4.69, 9.17) is 0 Å². The molecule has 0 bridgehead atoms. The van der Waals surface area contributed by atoms with Crippen LogP contribution in [0.2, 0.25) is 0 Å². The molecule has 3 rings (SSSR count). The molecular weight excluding hydrogens is 294 g/mol. The van der Waals surface area contributed by atoms with Gasteiger partial charge in [-0.15, -0.1) is 0 Å². The van der Waals surface area contributed by atoms with E-state index in [0.717, 1.165) is 35.0 Å². The summed E-state index contributed by atoms with van der Waals surface area (Å²) in [5.41, 5.74) is 1.00. The first-order valence-electron chi connectivity index (χ1n) is 5.69. The zero-order valence-corrected chi connectivity index (χ0v) is 11.2. The molecule has 0 unspecified atom stereocenters. The van der Waals surface area contributed by atoms with E-state index in [9.17, 15) is 0 Å². The molecule has 0 fully saturated rings. The van der Waals surface area contributed by atoms with Gasteiger partial charge in [-0.1, -0.05) is 18.2 Å². The second-order valence-electron chi connectivity index (χ2n) is 3.87. The summed E-state index contributed by atoms with van der Waals surface area (Å²) < 4.78 is 2.75. The van der Waals surface area contributed by atoms with Crippen LogP contribution in [0, 0.1) is 0 Å². The van der Waals surface area contributed by atoms with Gasteiger partial charge in [-0.2, -0.15) is 5.10 Å². The van der Waals surface area contributed by atoms with Crippen molar-refractivity contribution in [2.75, 3.05) is 18.4 Å². The Morgan fingerprint density at radius 3 is 2.83 bits per heavy atom. The lowest BCUT2D eigenvalue weighted by atomic mass is 10.3. The Kier molecular flexibility index (Phi) is 3.02. The molecule has 1 aliphatic heterocycles. The quantitative estimate of drug-likeness (QED) is 0.892. The third-order valence-corrected chi connectivity index (χ3v) is 3.22. The zero-order valence-electron chi connectivity index (χ0n) is 9.60. The van der Waals surface area contributed by atoms with Gasteiger partial charge in [-0.05, 0) is 28.1 Å². The Hall–Kier alpha value is -1.82. The molecule has 1 aromatic heterocycles. The van der Waals surface area contributed by atoms with Gasteiger partial charge < -0.3 is 10.6 Å². The highest BCUT2D eigenvalue weighted by molar-refractivity contribution is 9.10. The minimum absolute atomic E-state index is 0.786. The lowest BCUT2D eigenvalue weighted by molar-refractivity contribution is 0.887. The van der Waals surface area contributed by atoms with Crippen molar-refractivity contribution in [3.8, 4) is 5.69 Å². The molecule has 0 radical (unpaired) electrons. The normalized spacial score (nSPS) is 14.2. The molecule has 2 aromatic rings. The van der Waals surface area contributed by atoms with Crippen LogP contribution in [0.1, 0.15) is 0 Å². The van der Waals surface area contributed by atoms with Crippen molar-refractivity contribution in [3.63, 3.8) is 0 Å². The minimum Gasteiger partial charge on any atom is -0.354 e. The summed E-state index contributed by atoms with van der Waals surface area (Å²) in [6, 6.07) is 9.97. The molecule has 0 amide bonds. The average Bonchev–Trinajstić information content (AvgIpc) is 3.03. The van der Waals surface area contributed by atoms with Crippen molar-refractivity contribution in [2.24, 2.45) is 4.99 Å². The van der Waals surface area contributed by atoms with Crippen LogP contribution in [0.3, 0.4) is 0 Å². The predicted molar refractivity (Wildman–Crippen MR) is 75.2 cm³/mol. The Balaban J connectivity index is 1.96. The molecule has 18 heavy (non-hydrogen) atoms. The molecule has 0 saturated heterocycles. The van der Waals surface area contributed by atoms with Gasteiger partial charge in [0.1, 0.15) is 0 Å². The standard InChI is InChI=1S/C12H12BrN5/c13-10-8-16-18(9-4-2-1-3-5-9)11(10)17-12-14-6-7-15-12/h1-5,8H,6-7H2,(H2,14,15,17). The van der Waals surface area contributed by atoms with Crippen molar-refractivity contribution in [1.82, 2.24) is 15.1 Å². The minimum atomic E-state index is 0.786. The van der Waals surface area contributed by atoms with Gasteiger partial charge in [-0.25, -0.2) is 4.68 Å². The third kappa shape index (κ3) is 2.11. The van der Waals surface area contributed by atoms with Crippen LogP contribution in [0.5, 0.6) is 0 Å². The van der Waals surface area contributed by atoms with Crippen LogP contribution in [-0.2, 0) is 0 Å². The van der Waals surface area contributed by atoms with Crippen molar-refractivity contribution < 1.29 is 0 Å². The molecule has 0 atom stereocenters. The fourth-order valence-electron chi connectivity index (χ4n) is 1.80. The predicted octanol–water partition coefficient (Wildman–Crippen LogP) is 2.01. The van der Waals surface area contributed by atoms with Gasteiger partial charge in [0.15, 0.2) is 11.8 Å². The fourth-order valence-corrected chi connectivity index (χ4v) is 2.16. The molecule has 0 saturated carbocycles. The number of hydrogen-bond donors (Lipinski definition) is 2. The molecule has 5 nitrogen and oxygen atoms in total. The number of para-hydroxylation sites is 1. The van der Waals surface area contributed by atoms with Crippen LogP contribution in [0.4, 0.5) is 5.82 Å². The first kappa shape index (κ1) is 11.3. The van der Waals surface area contributed by atoms with E-state index in [1.165, 1.54) is 0 Å². The van der Waals surface area contributed by atoms with E-state index in [1.54, 1.807) is 6.20 Å². The molecule has 6 heteroatoms. The van der Waals surface area contributed by atoms with E-state index in [1.807, 2.05) is 35.0 Å². The van der Waals surface area contributed by atoms with Crippen LogP contribution in [0.25, 0.3) is 5.69 Å². The first-order chi connectivity index (χ1) is 8.84. The lowest BCUT2D eigenvalue weighted by Gasteiger charge is -2.10. The van der Waals surface area contributed by atoms with Gasteiger partial charge in [0.25, 0.3) is 0 Å². The number of guanidine groups is 1. The van der Waals surface area contributed by atoms with E-state index >= 15 is 0 Å². The summed E-state index contributed by atoms with van der Waals surface area (Å²) in [5.74, 6) is 1.66. The summed E-state index contributed by atoms with van der Waals surface area (Å²) in [7, 11) is 0. The summed E-state index contributed by atoms with van der Waals surface area (Å²) in [6.07, 6.45) is 1.77. The highest BCUT2D eigenvalue weighted by Crippen LogP contribution is 2.25. The molecule has 0 spiro atoms. The smallest absolute Gasteiger partial charge is 0.197 e. The second kappa shape index (κ2) is 4.81. The summed E-state index contributed by atoms with van der Waals surface area (Å²) in [5, 5.41) is 10.8. The first-order valence-corrected chi connectivity index (χ1v) is 6.48. The van der Waals surface area contributed by atoms with Gasteiger partial charge in [-0.3, -0.25) is 4.99 Å². The van der Waals surface area contributed by atoms with Crippen molar-refractivity contribution >= 4 is 27.7 Å². The number of rotatable bonds is 2. The monoisotopic (exact) mass is 305 g/mol. The number of halogens is 1. The number of anilines is 1. The highest BCUT2D eigenvalue weighted by Gasteiger charge is 2.13. The SMILES string of the molecule is Brc1cnn(-c2ccccc2)c1NC1=NCCN1. The van der Waals surface area contributed by atoms with E-state index in [0.29, 0.717) is 0 Å². The third-order valence-electron chi connectivity index (χ3n) is 2.64. The maximum atomic E-state index is 4.35. The zero-order chi connectivity index (χ0) is 12.4. The molecule has 0 aliphatic carbocycles. The Labute approximate surface area is 113 Å². The maximum absolute atomic E-state index is 4.35. The van der Waals surface area contributed by atoms with E-state index in [-0.39, 0.29) is 0 Å². The topological polar surface area (TPSA) is 54.2 Å². The Bertz CT molecular complexity index is 575. The molecular formula is C12H12BrN5. The Morgan fingerprint density at radius 2 is 2.11 bits per heavy atom. The van der Waals surface area contributed by atoms with Crippen molar-refractivity contribution in [1.29, 1.82) is 0 Å². The largest absolute Gasteiger partial charge is 0.354 e. The van der Waals surface area contributed by atoms with Crippen LogP contribution in [0.15, 0.2) is 46.0 Å². The van der Waals surface area contributed by atoms with Gasteiger partial charge in [0.05, 0.1) is 22.9 Å². The molecule has 2 heterocycles. The molecule has 1 aromatic carbocycles. The van der Waals surface area contributed by atoms with Gasteiger partial charge in [0, 0.05) is 6.54 Å². The number of nitrogens with one attached hydrogen (secondary N) is 2. The second-order valence-corrected chi connectivity index (χ2v) is 4.72. The van der Waals surface area contributed by atoms with Crippen molar-refractivity contribution in [3.05, 3.63) is 41.0 Å². The number of benzene rings is 1. The number of nitrogens with zero attached hydrogens (tertiary/aromatic N) is 3. The van der Waals surface area contributed by atoms with E-state index < -0.39 is 0 Å². The molecule has 1 aliphatic rings. The summed E-state index contributed by atoms with van der Waals surface area (Å²) >= 11 is 3.49. The van der Waals surface area contributed by atoms with Crippen molar-refractivity contribution in [2.45, 2.75) is 0 Å². The maximum Gasteiger partial charge on any atom is 0.197 e. The summed E-state index contributed by atoms with van der Waals surface area (Å²) in [4.78, 5) is 4.32. The van der Waals surface area contributed by atoms with Crippen LogP contribution >= 0.6 is 15.9 Å². The number of hydrogen-bond acceptors (Lipinski definition) is 4. The highest BCUT2D eigenvalue weighted by atomic mass is 79.9. The molecule has 2 N–H and O–H groups in total. The lowest BCUT2D eigenvalue weighted by Crippen LogP contribution is -2.27. The average molecular weight is 306 g/mol. The fraction of sp³-hybridized carbons (Fsp3) is 0.167. The summed E-state index contributed by atoms with van der Waals surface area (Å²) in [6.45, 7) is 1.68. The van der Waals surface area contributed by atoms with Gasteiger partial charge >= 0.3 is 0 Å². The van der Waals surface area contributed by atoms with Crippen LogP contribution in [-0.4, -0.2) is 28.8 Å². The Morgan fingerprint density at radius 1 is 1.28 bits per heavy atom. The number of aromatic nitrogens is 2. The number of aliphatic imine (C=N–C) groups is 1. The van der Waals surface area contributed by atoms with Crippen LogP contribution < -0.4 is 10.6 Å². The van der Waals surface area contributed by atoms with E-state index in [2.05, 4.69) is 36.7 Å². The van der Waals surface area contributed by atoms with Gasteiger partial charge in [0.2, 0.25) is 0 Å². The molecule has 92 valence electrons.